The number of aromatic nitrogens is 3. The van der Waals surface area contributed by atoms with Gasteiger partial charge in [-0.2, -0.15) is 0 Å². The number of rotatable bonds is 5. The SMILES string of the molecule is CCc1nnc(Sc2ccc([N+](=O)[O-])cc2C(N)=O)n1N. The zero-order chi connectivity index (χ0) is 15.6. The number of hydrogen-bond donors (Lipinski definition) is 2. The molecule has 110 valence electrons. The summed E-state index contributed by atoms with van der Waals surface area (Å²) in [7, 11) is 0. The van der Waals surface area contributed by atoms with Crippen LogP contribution in [0.15, 0.2) is 28.3 Å². The lowest BCUT2D eigenvalue weighted by molar-refractivity contribution is -0.384. The van der Waals surface area contributed by atoms with Crippen molar-refractivity contribution in [3.05, 3.63) is 39.7 Å². The third kappa shape index (κ3) is 2.94. The minimum Gasteiger partial charge on any atom is -0.366 e. The van der Waals surface area contributed by atoms with Crippen LogP contribution in [0.1, 0.15) is 23.1 Å². The Bertz CT molecular complexity index is 714. The molecule has 1 aromatic carbocycles. The van der Waals surface area contributed by atoms with Crippen molar-refractivity contribution >= 4 is 23.4 Å². The molecule has 0 aliphatic heterocycles. The van der Waals surface area contributed by atoms with Gasteiger partial charge in [-0.25, -0.2) is 4.68 Å². The molecule has 0 spiro atoms. The van der Waals surface area contributed by atoms with Gasteiger partial charge >= 0.3 is 0 Å². The van der Waals surface area contributed by atoms with E-state index in [1.165, 1.54) is 16.8 Å². The molecule has 2 aromatic rings. The van der Waals surface area contributed by atoms with Crippen LogP contribution in [-0.2, 0) is 6.42 Å². The zero-order valence-corrected chi connectivity index (χ0v) is 11.8. The molecule has 10 heteroatoms. The van der Waals surface area contributed by atoms with Crippen molar-refractivity contribution in [2.75, 3.05) is 5.84 Å². The van der Waals surface area contributed by atoms with E-state index in [4.69, 9.17) is 11.6 Å². The first-order chi connectivity index (χ1) is 9.93. The van der Waals surface area contributed by atoms with Gasteiger partial charge in [-0.1, -0.05) is 6.92 Å². The van der Waals surface area contributed by atoms with Gasteiger partial charge in [0.1, 0.15) is 0 Å². The highest BCUT2D eigenvalue weighted by atomic mass is 32.2. The van der Waals surface area contributed by atoms with Crippen LogP contribution < -0.4 is 11.6 Å². The van der Waals surface area contributed by atoms with Crippen molar-refractivity contribution < 1.29 is 9.72 Å². The van der Waals surface area contributed by atoms with E-state index in [2.05, 4.69) is 10.2 Å². The molecule has 0 radical (unpaired) electrons. The molecule has 2 rings (SSSR count). The van der Waals surface area contributed by atoms with E-state index < -0.39 is 10.8 Å². The van der Waals surface area contributed by atoms with Crippen LogP contribution in [0.2, 0.25) is 0 Å². The van der Waals surface area contributed by atoms with Gasteiger partial charge in [-0.15, -0.1) is 10.2 Å². The Morgan fingerprint density at radius 1 is 1.48 bits per heavy atom. The van der Waals surface area contributed by atoms with Gasteiger partial charge in [0, 0.05) is 23.4 Å². The monoisotopic (exact) mass is 308 g/mol. The molecule has 0 aliphatic carbocycles. The molecule has 0 saturated heterocycles. The van der Waals surface area contributed by atoms with Crippen LogP contribution in [0.5, 0.6) is 0 Å². The van der Waals surface area contributed by atoms with E-state index in [1.807, 2.05) is 6.92 Å². The Labute approximate surface area is 123 Å². The van der Waals surface area contributed by atoms with Gasteiger partial charge in [0.05, 0.1) is 10.5 Å². The van der Waals surface area contributed by atoms with Crippen molar-refractivity contribution in [1.82, 2.24) is 14.9 Å². The van der Waals surface area contributed by atoms with Crippen molar-refractivity contribution in [1.29, 1.82) is 0 Å². The van der Waals surface area contributed by atoms with Gasteiger partial charge < -0.3 is 11.6 Å². The fourth-order valence-electron chi connectivity index (χ4n) is 1.63. The second-order valence-corrected chi connectivity index (χ2v) is 5.04. The van der Waals surface area contributed by atoms with E-state index in [-0.39, 0.29) is 11.3 Å². The highest BCUT2D eigenvalue weighted by Gasteiger charge is 2.18. The Hall–Kier alpha value is -2.62. The number of nitro groups is 1. The molecule has 0 saturated carbocycles. The van der Waals surface area contributed by atoms with E-state index in [0.717, 1.165) is 17.8 Å². The van der Waals surface area contributed by atoms with Gasteiger partial charge in [0.15, 0.2) is 5.82 Å². The lowest BCUT2D eigenvalue weighted by atomic mass is 10.2. The summed E-state index contributed by atoms with van der Waals surface area (Å²) in [5.74, 6) is 5.63. The van der Waals surface area contributed by atoms with E-state index in [1.54, 1.807) is 0 Å². The smallest absolute Gasteiger partial charge is 0.270 e. The second kappa shape index (κ2) is 5.79. The van der Waals surface area contributed by atoms with Crippen LogP contribution in [-0.4, -0.2) is 25.7 Å². The predicted molar refractivity (Wildman–Crippen MR) is 75.3 cm³/mol. The summed E-state index contributed by atoms with van der Waals surface area (Å²) in [6.07, 6.45) is 0.604. The topological polar surface area (TPSA) is 143 Å². The molecule has 0 unspecified atom stereocenters. The zero-order valence-electron chi connectivity index (χ0n) is 11.0. The van der Waals surface area contributed by atoms with Gasteiger partial charge in [-0.3, -0.25) is 14.9 Å². The Balaban J connectivity index is 2.41. The number of carbonyl (C=O) groups excluding carboxylic acids is 1. The standard InChI is InChI=1S/C11H12N6O3S/c1-2-9-14-15-11(16(9)13)21-8-4-3-6(17(19)20)5-7(8)10(12)18/h3-5H,2,13H2,1H3,(H2,12,18). The maximum Gasteiger partial charge on any atom is 0.270 e. The highest BCUT2D eigenvalue weighted by molar-refractivity contribution is 7.99. The number of amides is 1. The summed E-state index contributed by atoms with van der Waals surface area (Å²) in [5.41, 5.74) is 5.08. The minimum atomic E-state index is -0.764. The largest absolute Gasteiger partial charge is 0.366 e. The number of carbonyl (C=O) groups is 1. The number of benzene rings is 1. The van der Waals surface area contributed by atoms with Crippen molar-refractivity contribution in [3.63, 3.8) is 0 Å². The van der Waals surface area contributed by atoms with Crippen molar-refractivity contribution in [3.8, 4) is 0 Å². The summed E-state index contributed by atoms with van der Waals surface area (Å²) in [6, 6.07) is 3.85. The normalized spacial score (nSPS) is 10.5. The van der Waals surface area contributed by atoms with Crippen LogP contribution in [0.4, 0.5) is 5.69 Å². The first-order valence-electron chi connectivity index (χ1n) is 5.89. The molecule has 0 fully saturated rings. The first-order valence-corrected chi connectivity index (χ1v) is 6.71. The van der Waals surface area contributed by atoms with Crippen LogP contribution in [0.25, 0.3) is 0 Å². The van der Waals surface area contributed by atoms with Gasteiger partial charge in [0.2, 0.25) is 11.1 Å². The summed E-state index contributed by atoms with van der Waals surface area (Å²) in [5, 5.41) is 18.9. The third-order valence-electron chi connectivity index (χ3n) is 2.69. The van der Waals surface area contributed by atoms with E-state index >= 15 is 0 Å². The number of hydrogen-bond acceptors (Lipinski definition) is 7. The Morgan fingerprint density at radius 3 is 2.71 bits per heavy atom. The molecule has 0 bridgehead atoms. The number of nitrogens with zero attached hydrogens (tertiary/aromatic N) is 4. The summed E-state index contributed by atoms with van der Waals surface area (Å²) < 4.78 is 1.30. The number of nitro benzene ring substituents is 1. The molecular weight excluding hydrogens is 296 g/mol. The quantitative estimate of drug-likeness (QED) is 0.470. The number of nitrogen functional groups attached to an aromatic ring is 1. The lowest BCUT2D eigenvalue weighted by Gasteiger charge is -2.06. The van der Waals surface area contributed by atoms with Gasteiger partial charge in [-0.05, 0) is 17.8 Å². The van der Waals surface area contributed by atoms with Gasteiger partial charge in [0.25, 0.3) is 5.69 Å². The second-order valence-electron chi connectivity index (χ2n) is 4.03. The number of primary amides is 1. The van der Waals surface area contributed by atoms with Crippen LogP contribution >= 0.6 is 11.8 Å². The predicted octanol–water partition coefficient (Wildman–Crippen LogP) is 0.713. The highest BCUT2D eigenvalue weighted by Crippen LogP contribution is 2.31. The average Bonchev–Trinajstić information content (AvgIpc) is 2.79. The lowest BCUT2D eigenvalue weighted by Crippen LogP contribution is -2.15. The Morgan fingerprint density at radius 2 is 2.19 bits per heavy atom. The average molecular weight is 308 g/mol. The van der Waals surface area contributed by atoms with Crippen LogP contribution in [0.3, 0.4) is 0 Å². The number of aryl methyl sites for hydroxylation is 1. The molecular formula is C11H12N6O3S. The van der Waals surface area contributed by atoms with E-state index in [9.17, 15) is 14.9 Å². The van der Waals surface area contributed by atoms with Crippen molar-refractivity contribution in [2.24, 2.45) is 5.73 Å². The fourth-order valence-corrected chi connectivity index (χ4v) is 2.52. The Kier molecular flexibility index (Phi) is 4.08. The summed E-state index contributed by atoms with van der Waals surface area (Å²) in [6.45, 7) is 1.88. The molecule has 0 aliphatic rings. The molecule has 1 aromatic heterocycles. The maximum absolute atomic E-state index is 11.4. The molecule has 1 heterocycles. The minimum absolute atomic E-state index is 0.0373. The fraction of sp³-hybridized carbons (Fsp3) is 0.182. The third-order valence-corrected chi connectivity index (χ3v) is 3.73. The summed E-state index contributed by atoms with van der Waals surface area (Å²) >= 11 is 1.07. The number of nitrogens with two attached hydrogens (primary N) is 2. The van der Waals surface area contributed by atoms with E-state index in [0.29, 0.717) is 22.3 Å². The summed E-state index contributed by atoms with van der Waals surface area (Å²) in [4.78, 5) is 22.0. The molecule has 4 N–H and O–H groups in total. The number of non-ortho nitro benzene ring substituents is 1. The maximum atomic E-state index is 11.4. The molecule has 21 heavy (non-hydrogen) atoms. The molecule has 0 atom stereocenters. The first kappa shape index (κ1) is 14.8. The molecule has 1 amide bonds. The van der Waals surface area contributed by atoms with Crippen LogP contribution in [0, 0.1) is 10.1 Å². The molecule has 9 nitrogen and oxygen atoms in total. The van der Waals surface area contributed by atoms with Crippen molar-refractivity contribution in [2.45, 2.75) is 23.4 Å².